The van der Waals surface area contributed by atoms with Gasteiger partial charge < -0.3 is 10.2 Å². The molecule has 1 atom stereocenters. The van der Waals surface area contributed by atoms with Crippen LogP contribution in [0, 0.1) is 11.6 Å². The predicted molar refractivity (Wildman–Crippen MR) is 143 cm³/mol. The number of likely N-dealkylation sites (tertiary alicyclic amines) is 1. The fourth-order valence-corrected chi connectivity index (χ4v) is 5.87. The van der Waals surface area contributed by atoms with Gasteiger partial charge in [0.1, 0.15) is 17.0 Å². The molecular weight excluding hydrogens is 486 g/mol. The Kier molecular flexibility index (Phi) is 6.31. The second-order valence-corrected chi connectivity index (χ2v) is 10.8. The van der Waals surface area contributed by atoms with Crippen molar-refractivity contribution in [3.8, 4) is 11.3 Å². The SMILES string of the molecule is CC(C)c1c2cc(-c3nc(Nc4ccc5c(n4)CCN([C@H]4CCN(C)C4)C5)ncc3F)cc(F)c2nn1C. The summed E-state index contributed by atoms with van der Waals surface area (Å²) in [4.78, 5) is 18.3. The minimum atomic E-state index is -0.625. The molecule has 4 aromatic rings. The van der Waals surface area contributed by atoms with Crippen molar-refractivity contribution in [3.05, 3.63) is 59.0 Å². The van der Waals surface area contributed by atoms with E-state index >= 15 is 4.39 Å². The van der Waals surface area contributed by atoms with Crippen LogP contribution in [0.15, 0.2) is 30.5 Å². The van der Waals surface area contributed by atoms with Crippen molar-refractivity contribution in [3.63, 3.8) is 0 Å². The van der Waals surface area contributed by atoms with Gasteiger partial charge in [-0.05, 0) is 49.7 Å². The summed E-state index contributed by atoms with van der Waals surface area (Å²) in [5, 5.41) is 8.09. The molecule has 0 saturated carbocycles. The Morgan fingerprint density at radius 2 is 1.89 bits per heavy atom. The van der Waals surface area contributed by atoms with Crippen LogP contribution in [-0.2, 0) is 20.0 Å². The monoisotopic (exact) mass is 518 g/mol. The highest BCUT2D eigenvalue weighted by Crippen LogP contribution is 2.32. The number of fused-ring (bicyclic) bond motifs is 2. The van der Waals surface area contributed by atoms with E-state index in [0.29, 0.717) is 22.8 Å². The first-order valence-electron chi connectivity index (χ1n) is 13.1. The second-order valence-electron chi connectivity index (χ2n) is 10.8. The molecule has 0 amide bonds. The third-order valence-electron chi connectivity index (χ3n) is 7.70. The number of aromatic nitrogens is 5. The van der Waals surface area contributed by atoms with Gasteiger partial charge in [-0.15, -0.1) is 0 Å². The van der Waals surface area contributed by atoms with E-state index in [4.69, 9.17) is 4.98 Å². The number of nitrogens with one attached hydrogen (secondary N) is 1. The molecular formula is C28H32F2N8. The number of anilines is 2. The normalized spacial score (nSPS) is 18.4. The first kappa shape index (κ1) is 24.8. The summed E-state index contributed by atoms with van der Waals surface area (Å²) in [6.45, 7) is 8.19. The zero-order valence-electron chi connectivity index (χ0n) is 22.2. The van der Waals surface area contributed by atoms with E-state index in [-0.39, 0.29) is 23.1 Å². The van der Waals surface area contributed by atoms with Crippen LogP contribution in [0.25, 0.3) is 22.2 Å². The lowest BCUT2D eigenvalue weighted by atomic mass is 10.0. The van der Waals surface area contributed by atoms with Crippen LogP contribution in [0.4, 0.5) is 20.5 Å². The second kappa shape index (κ2) is 9.67. The summed E-state index contributed by atoms with van der Waals surface area (Å²) in [6.07, 6.45) is 3.19. The van der Waals surface area contributed by atoms with E-state index < -0.39 is 11.6 Å². The largest absolute Gasteiger partial charge is 0.309 e. The average molecular weight is 519 g/mol. The number of aryl methyl sites for hydroxylation is 1. The summed E-state index contributed by atoms with van der Waals surface area (Å²) < 4.78 is 31.6. The van der Waals surface area contributed by atoms with Crippen molar-refractivity contribution < 1.29 is 8.78 Å². The number of benzene rings is 1. The van der Waals surface area contributed by atoms with E-state index in [2.05, 4.69) is 43.3 Å². The zero-order valence-corrected chi connectivity index (χ0v) is 22.2. The van der Waals surface area contributed by atoms with Crippen LogP contribution >= 0.6 is 0 Å². The fourth-order valence-electron chi connectivity index (χ4n) is 5.87. The van der Waals surface area contributed by atoms with Crippen LogP contribution in [0.1, 0.15) is 43.1 Å². The lowest BCUT2D eigenvalue weighted by Gasteiger charge is -2.33. The van der Waals surface area contributed by atoms with Crippen molar-refractivity contribution in [2.75, 3.05) is 32.0 Å². The van der Waals surface area contributed by atoms with Crippen LogP contribution in [0.5, 0.6) is 0 Å². The summed E-state index contributed by atoms with van der Waals surface area (Å²) in [5.41, 5.74) is 3.80. The molecule has 38 heavy (non-hydrogen) atoms. The molecule has 5 heterocycles. The molecule has 3 aromatic heterocycles. The number of halogens is 2. The van der Waals surface area contributed by atoms with Crippen molar-refractivity contribution >= 4 is 22.7 Å². The number of rotatable bonds is 5. The van der Waals surface area contributed by atoms with Gasteiger partial charge in [0.15, 0.2) is 11.6 Å². The standard InChI is InChI=1S/C28H32F2N8/c1-16(2)27-20-11-18(12-21(29)26(20)35-37(27)4)25-22(30)13-31-28(34-25)33-24-6-5-17-14-38(10-8-23(17)32-24)19-7-9-36(3)15-19/h5-6,11-13,16,19H,7-10,14-15H2,1-4H3,(H,31,32,33,34)/t19-/m0/s1. The van der Waals surface area contributed by atoms with Gasteiger partial charge in [0.2, 0.25) is 5.95 Å². The molecule has 0 unspecified atom stereocenters. The minimum Gasteiger partial charge on any atom is -0.309 e. The summed E-state index contributed by atoms with van der Waals surface area (Å²) in [7, 11) is 3.97. The molecule has 1 N–H and O–H groups in total. The first-order valence-corrected chi connectivity index (χ1v) is 13.1. The zero-order chi connectivity index (χ0) is 26.6. The van der Waals surface area contributed by atoms with Crippen molar-refractivity contribution in [1.82, 2.24) is 34.5 Å². The van der Waals surface area contributed by atoms with E-state index in [1.807, 2.05) is 19.9 Å². The summed E-state index contributed by atoms with van der Waals surface area (Å²) in [6, 6.07) is 7.63. The molecule has 0 bridgehead atoms. The smallest absolute Gasteiger partial charge is 0.229 e. The number of hydrogen-bond acceptors (Lipinski definition) is 7. The number of likely N-dealkylation sites (N-methyl/N-ethyl adjacent to an activating group) is 1. The Labute approximate surface area is 220 Å². The highest BCUT2D eigenvalue weighted by molar-refractivity contribution is 5.87. The maximum atomic E-state index is 15.0. The summed E-state index contributed by atoms with van der Waals surface area (Å²) >= 11 is 0. The van der Waals surface area contributed by atoms with E-state index in [1.54, 1.807) is 17.8 Å². The Hall–Kier alpha value is -3.50. The minimum absolute atomic E-state index is 0.0250. The van der Waals surface area contributed by atoms with Gasteiger partial charge in [0.05, 0.1) is 6.20 Å². The van der Waals surface area contributed by atoms with Gasteiger partial charge in [-0.1, -0.05) is 19.9 Å². The van der Waals surface area contributed by atoms with Crippen molar-refractivity contribution in [2.45, 2.75) is 45.2 Å². The quantitative estimate of drug-likeness (QED) is 0.413. The molecule has 0 aliphatic carbocycles. The molecule has 0 spiro atoms. The number of nitrogens with zero attached hydrogens (tertiary/aromatic N) is 7. The van der Waals surface area contributed by atoms with E-state index in [0.717, 1.165) is 50.2 Å². The van der Waals surface area contributed by atoms with Gasteiger partial charge in [-0.25, -0.2) is 23.7 Å². The third kappa shape index (κ3) is 4.52. The molecule has 1 fully saturated rings. The maximum absolute atomic E-state index is 15.0. The highest BCUT2D eigenvalue weighted by Gasteiger charge is 2.29. The van der Waals surface area contributed by atoms with Crippen molar-refractivity contribution in [1.29, 1.82) is 0 Å². The molecule has 2 aliphatic rings. The third-order valence-corrected chi connectivity index (χ3v) is 7.70. The molecule has 6 rings (SSSR count). The average Bonchev–Trinajstić information content (AvgIpc) is 3.47. The molecule has 10 heteroatoms. The molecule has 2 aliphatic heterocycles. The summed E-state index contributed by atoms with van der Waals surface area (Å²) in [5.74, 6) is -0.210. The molecule has 0 radical (unpaired) electrons. The van der Waals surface area contributed by atoms with Gasteiger partial charge in [0, 0.05) is 61.5 Å². The van der Waals surface area contributed by atoms with Crippen molar-refractivity contribution in [2.24, 2.45) is 7.05 Å². The van der Waals surface area contributed by atoms with Gasteiger partial charge in [-0.2, -0.15) is 5.10 Å². The van der Waals surface area contributed by atoms with Crippen LogP contribution < -0.4 is 5.32 Å². The predicted octanol–water partition coefficient (Wildman–Crippen LogP) is 4.63. The number of hydrogen-bond donors (Lipinski definition) is 1. The lowest BCUT2D eigenvalue weighted by molar-refractivity contribution is 0.179. The number of pyridine rings is 1. The molecule has 1 aromatic carbocycles. The molecule has 198 valence electrons. The topological polar surface area (TPSA) is 75.0 Å². The highest BCUT2D eigenvalue weighted by atomic mass is 19.1. The maximum Gasteiger partial charge on any atom is 0.229 e. The van der Waals surface area contributed by atoms with E-state index in [1.165, 1.54) is 18.1 Å². The Morgan fingerprint density at radius 3 is 2.66 bits per heavy atom. The Balaban J connectivity index is 1.26. The van der Waals surface area contributed by atoms with Gasteiger partial charge in [-0.3, -0.25) is 9.58 Å². The fraction of sp³-hybridized carbons (Fsp3) is 0.429. The van der Waals surface area contributed by atoms with Gasteiger partial charge in [0.25, 0.3) is 0 Å². The van der Waals surface area contributed by atoms with Crippen LogP contribution in [0.2, 0.25) is 0 Å². The Bertz CT molecular complexity index is 1510. The first-order chi connectivity index (χ1) is 18.3. The molecule has 8 nitrogen and oxygen atoms in total. The lowest BCUT2D eigenvalue weighted by Crippen LogP contribution is -2.40. The van der Waals surface area contributed by atoms with Crippen LogP contribution in [0.3, 0.4) is 0 Å². The van der Waals surface area contributed by atoms with E-state index in [9.17, 15) is 4.39 Å². The Morgan fingerprint density at radius 1 is 1.05 bits per heavy atom. The van der Waals surface area contributed by atoms with Crippen LogP contribution in [-0.4, -0.2) is 67.3 Å². The van der Waals surface area contributed by atoms with Gasteiger partial charge >= 0.3 is 0 Å². The molecule has 1 saturated heterocycles.